The third kappa shape index (κ3) is 4.83. The molecule has 1 aromatic rings. The number of hydrogen-bond donors (Lipinski definition) is 2. The highest BCUT2D eigenvalue weighted by molar-refractivity contribution is 14.0. The maximum Gasteiger partial charge on any atom is 0.191 e. The Bertz CT molecular complexity index is 469. The van der Waals surface area contributed by atoms with Crippen molar-refractivity contribution in [2.45, 2.75) is 44.6 Å². The molecule has 1 unspecified atom stereocenters. The number of rotatable bonds is 5. The zero-order valence-electron chi connectivity index (χ0n) is 12.9. The molecule has 0 bridgehead atoms. The fraction of sp³-hybridized carbons (Fsp3) is 0.562. The first-order valence-electron chi connectivity index (χ1n) is 7.33. The van der Waals surface area contributed by atoms with E-state index in [1.165, 1.54) is 5.56 Å². The van der Waals surface area contributed by atoms with Gasteiger partial charge in [-0.25, -0.2) is 4.39 Å². The van der Waals surface area contributed by atoms with Crippen molar-refractivity contribution in [2.75, 3.05) is 13.6 Å². The standard InChI is InChI=1S/C16H24FN3.HI/c1-4-12(2)20-15(18-3)19-11-16(9-10-16)13-5-7-14(17)8-6-13;/h5-8,12H,4,9-11H2,1-3H3,(H2,18,19,20);1H. The second-order valence-electron chi connectivity index (χ2n) is 5.67. The summed E-state index contributed by atoms with van der Waals surface area (Å²) in [7, 11) is 1.79. The van der Waals surface area contributed by atoms with Gasteiger partial charge in [-0.15, -0.1) is 24.0 Å². The summed E-state index contributed by atoms with van der Waals surface area (Å²) in [6.07, 6.45) is 3.35. The molecule has 0 saturated heterocycles. The highest BCUT2D eigenvalue weighted by Crippen LogP contribution is 2.47. The zero-order valence-corrected chi connectivity index (χ0v) is 15.3. The normalized spacial score (nSPS) is 17.6. The molecule has 2 N–H and O–H groups in total. The summed E-state index contributed by atoms with van der Waals surface area (Å²) < 4.78 is 13.0. The first kappa shape index (κ1) is 18.2. The summed E-state index contributed by atoms with van der Waals surface area (Å²) in [5.74, 6) is 0.666. The predicted octanol–water partition coefficient (Wildman–Crippen LogP) is 3.44. The second kappa shape index (κ2) is 7.96. The van der Waals surface area contributed by atoms with Crippen LogP contribution in [0.3, 0.4) is 0 Å². The first-order valence-corrected chi connectivity index (χ1v) is 7.33. The molecule has 2 rings (SSSR count). The molecule has 0 spiro atoms. The molecule has 3 nitrogen and oxygen atoms in total. The number of hydrogen-bond acceptors (Lipinski definition) is 1. The second-order valence-corrected chi connectivity index (χ2v) is 5.67. The average Bonchev–Trinajstić information content (AvgIpc) is 3.25. The van der Waals surface area contributed by atoms with E-state index in [0.717, 1.165) is 31.8 Å². The smallest absolute Gasteiger partial charge is 0.191 e. The van der Waals surface area contributed by atoms with Gasteiger partial charge in [-0.1, -0.05) is 19.1 Å². The predicted molar refractivity (Wildman–Crippen MR) is 97.0 cm³/mol. The SMILES string of the molecule is CCC(C)NC(=NC)NCC1(c2ccc(F)cc2)CC1.I. The van der Waals surface area contributed by atoms with Crippen LogP contribution in [0, 0.1) is 5.82 Å². The van der Waals surface area contributed by atoms with Crippen molar-refractivity contribution in [3.63, 3.8) is 0 Å². The van der Waals surface area contributed by atoms with E-state index in [1.807, 2.05) is 12.1 Å². The van der Waals surface area contributed by atoms with Gasteiger partial charge in [-0.2, -0.15) is 0 Å². The highest BCUT2D eigenvalue weighted by Gasteiger charge is 2.44. The molecule has 21 heavy (non-hydrogen) atoms. The largest absolute Gasteiger partial charge is 0.356 e. The molecule has 1 saturated carbocycles. The minimum Gasteiger partial charge on any atom is -0.356 e. The van der Waals surface area contributed by atoms with Crippen LogP contribution in [0.2, 0.25) is 0 Å². The molecule has 5 heteroatoms. The Morgan fingerprint density at radius 2 is 1.95 bits per heavy atom. The number of halogens is 2. The third-order valence-electron chi connectivity index (χ3n) is 4.12. The molecular weight excluding hydrogens is 380 g/mol. The molecule has 1 aromatic carbocycles. The van der Waals surface area contributed by atoms with E-state index in [1.54, 1.807) is 19.2 Å². The number of nitrogens with one attached hydrogen (secondary N) is 2. The topological polar surface area (TPSA) is 36.4 Å². The van der Waals surface area contributed by atoms with E-state index in [0.29, 0.717) is 6.04 Å². The molecule has 118 valence electrons. The summed E-state index contributed by atoms with van der Waals surface area (Å²) in [5.41, 5.74) is 1.37. The van der Waals surface area contributed by atoms with Crippen molar-refractivity contribution < 1.29 is 4.39 Å². The molecule has 1 atom stereocenters. The van der Waals surface area contributed by atoms with Crippen LogP contribution in [0.5, 0.6) is 0 Å². The minimum absolute atomic E-state index is 0. The van der Waals surface area contributed by atoms with Crippen molar-refractivity contribution in [2.24, 2.45) is 4.99 Å². The van der Waals surface area contributed by atoms with Crippen LogP contribution >= 0.6 is 24.0 Å². The summed E-state index contributed by atoms with van der Waals surface area (Å²) in [6, 6.07) is 7.29. The van der Waals surface area contributed by atoms with E-state index in [4.69, 9.17) is 0 Å². The quantitative estimate of drug-likeness (QED) is 0.448. The van der Waals surface area contributed by atoms with Crippen LogP contribution in [0.25, 0.3) is 0 Å². The van der Waals surface area contributed by atoms with Gasteiger partial charge < -0.3 is 10.6 Å². The monoisotopic (exact) mass is 405 g/mol. The van der Waals surface area contributed by atoms with Gasteiger partial charge >= 0.3 is 0 Å². The van der Waals surface area contributed by atoms with Crippen LogP contribution < -0.4 is 10.6 Å². The summed E-state index contributed by atoms with van der Waals surface area (Å²) >= 11 is 0. The maximum absolute atomic E-state index is 13.0. The van der Waals surface area contributed by atoms with Crippen LogP contribution in [-0.4, -0.2) is 25.6 Å². The third-order valence-corrected chi connectivity index (χ3v) is 4.12. The molecule has 0 aliphatic heterocycles. The van der Waals surface area contributed by atoms with Crippen molar-refractivity contribution in [3.8, 4) is 0 Å². The number of guanidine groups is 1. The fourth-order valence-electron chi connectivity index (χ4n) is 2.30. The molecule has 0 heterocycles. The Kier molecular flexibility index (Phi) is 6.90. The fourth-order valence-corrected chi connectivity index (χ4v) is 2.30. The summed E-state index contributed by atoms with van der Waals surface area (Å²) in [6.45, 7) is 5.13. The van der Waals surface area contributed by atoms with E-state index in [9.17, 15) is 4.39 Å². The van der Waals surface area contributed by atoms with Crippen LogP contribution in [0.1, 0.15) is 38.7 Å². The Hall–Kier alpha value is -0.850. The molecule has 1 aliphatic rings. The van der Waals surface area contributed by atoms with Crippen molar-refractivity contribution in [1.29, 1.82) is 0 Å². The van der Waals surface area contributed by atoms with Crippen molar-refractivity contribution in [3.05, 3.63) is 35.6 Å². The lowest BCUT2D eigenvalue weighted by molar-refractivity contribution is 0.597. The Morgan fingerprint density at radius 1 is 1.33 bits per heavy atom. The van der Waals surface area contributed by atoms with E-state index in [-0.39, 0.29) is 35.2 Å². The van der Waals surface area contributed by atoms with Gasteiger partial charge in [0.05, 0.1) is 0 Å². The lowest BCUT2D eigenvalue weighted by Crippen LogP contribution is -2.44. The average molecular weight is 405 g/mol. The minimum atomic E-state index is -0.174. The lowest BCUT2D eigenvalue weighted by Gasteiger charge is -2.21. The molecule has 1 aliphatic carbocycles. The maximum atomic E-state index is 13.0. The summed E-state index contributed by atoms with van der Waals surface area (Å²) in [5, 5.41) is 6.75. The lowest BCUT2D eigenvalue weighted by atomic mass is 9.96. The van der Waals surface area contributed by atoms with Crippen LogP contribution in [0.4, 0.5) is 4.39 Å². The van der Waals surface area contributed by atoms with E-state index >= 15 is 0 Å². The summed E-state index contributed by atoms with van der Waals surface area (Å²) in [4.78, 5) is 4.25. The van der Waals surface area contributed by atoms with E-state index < -0.39 is 0 Å². The van der Waals surface area contributed by atoms with Gasteiger partial charge in [0.2, 0.25) is 0 Å². The Labute approximate surface area is 143 Å². The number of nitrogens with zero attached hydrogens (tertiary/aromatic N) is 1. The van der Waals surface area contributed by atoms with Crippen molar-refractivity contribution in [1.82, 2.24) is 10.6 Å². The van der Waals surface area contributed by atoms with E-state index in [2.05, 4.69) is 29.5 Å². The number of aliphatic imine (C=N–C) groups is 1. The zero-order chi connectivity index (χ0) is 14.6. The molecule has 0 aromatic heterocycles. The Morgan fingerprint density at radius 3 is 2.43 bits per heavy atom. The number of benzene rings is 1. The molecule has 0 amide bonds. The highest BCUT2D eigenvalue weighted by atomic mass is 127. The van der Waals surface area contributed by atoms with Crippen LogP contribution in [0.15, 0.2) is 29.3 Å². The van der Waals surface area contributed by atoms with Crippen molar-refractivity contribution >= 4 is 29.9 Å². The van der Waals surface area contributed by atoms with Crippen LogP contribution in [-0.2, 0) is 5.41 Å². The molecule has 0 radical (unpaired) electrons. The molecular formula is C16H25FIN3. The van der Waals surface area contributed by atoms with Gasteiger partial charge in [-0.3, -0.25) is 4.99 Å². The Balaban J connectivity index is 0.00000220. The van der Waals surface area contributed by atoms with Gasteiger partial charge in [-0.05, 0) is 43.9 Å². The van der Waals surface area contributed by atoms with Gasteiger partial charge in [0, 0.05) is 25.0 Å². The molecule has 1 fully saturated rings. The first-order chi connectivity index (χ1) is 9.59. The van der Waals surface area contributed by atoms with Gasteiger partial charge in [0.1, 0.15) is 5.82 Å². The van der Waals surface area contributed by atoms with Gasteiger partial charge in [0.15, 0.2) is 5.96 Å². The van der Waals surface area contributed by atoms with Gasteiger partial charge in [0.25, 0.3) is 0 Å².